The quantitative estimate of drug-likeness (QED) is 0.0756. The smallest absolute Gasteiger partial charge is 0.385 e. The fourth-order valence-electron chi connectivity index (χ4n) is 7.75. The molecule has 4 N–H and O–H groups in total. The van der Waals surface area contributed by atoms with E-state index in [9.17, 15) is 32.3 Å². The van der Waals surface area contributed by atoms with Crippen LogP contribution >= 0.6 is 0 Å². The van der Waals surface area contributed by atoms with Crippen LogP contribution < -0.4 is 21.3 Å². The van der Waals surface area contributed by atoms with Crippen LogP contribution in [0.15, 0.2) is 79.1 Å². The maximum atomic E-state index is 13.2. The lowest BCUT2D eigenvalue weighted by molar-refractivity contribution is -0.137. The third-order valence-electron chi connectivity index (χ3n) is 10.8. The zero-order valence-corrected chi connectivity index (χ0v) is 33.9. The molecule has 2 aliphatic heterocycles. The van der Waals surface area contributed by atoms with Gasteiger partial charge in [0.25, 0.3) is 11.8 Å². The first-order chi connectivity index (χ1) is 29.4. The molecule has 1 fully saturated rings. The van der Waals surface area contributed by atoms with Crippen LogP contribution in [0.4, 0.5) is 18.9 Å². The molecule has 0 spiro atoms. The van der Waals surface area contributed by atoms with Crippen LogP contribution in [0.3, 0.4) is 0 Å². The van der Waals surface area contributed by atoms with Crippen LogP contribution in [0.5, 0.6) is 0 Å². The van der Waals surface area contributed by atoms with Crippen molar-refractivity contribution < 1.29 is 41.8 Å². The second kappa shape index (κ2) is 19.0. The summed E-state index contributed by atoms with van der Waals surface area (Å²) in [4.78, 5) is 52.6. The normalized spacial score (nSPS) is 15.4. The van der Waals surface area contributed by atoms with Crippen molar-refractivity contribution in [3.05, 3.63) is 101 Å². The van der Waals surface area contributed by atoms with Crippen LogP contribution in [0.2, 0.25) is 0 Å². The third kappa shape index (κ3) is 10.1. The molecule has 1 unspecified atom stereocenters. The molecule has 0 bridgehead atoms. The van der Waals surface area contributed by atoms with E-state index in [1.165, 1.54) is 12.1 Å². The maximum absolute atomic E-state index is 13.2. The van der Waals surface area contributed by atoms with Crippen molar-refractivity contribution in [3.8, 4) is 5.69 Å². The number of aryl methyl sites for hydroxylation is 1. The molecule has 0 aliphatic carbocycles. The monoisotopic (exact) mass is 842 g/mol. The van der Waals surface area contributed by atoms with E-state index in [2.05, 4.69) is 32.9 Å². The lowest BCUT2D eigenvalue weighted by atomic mass is 10.0. The predicted molar refractivity (Wildman–Crippen MR) is 223 cm³/mol. The van der Waals surface area contributed by atoms with E-state index in [-0.39, 0.29) is 36.8 Å². The average molecular weight is 843 g/mol. The van der Waals surface area contributed by atoms with Crippen LogP contribution in [0.1, 0.15) is 70.4 Å². The van der Waals surface area contributed by atoms with Crippen LogP contribution in [0.25, 0.3) is 27.6 Å². The number of halogens is 3. The Labute approximate surface area is 350 Å². The Balaban J connectivity index is 0.734. The number of amides is 4. The molecular weight excluding hydrogens is 794 g/mol. The second-order valence-electron chi connectivity index (χ2n) is 15.1. The SMILES string of the molecule is C=C1CCC(N2Cc3c(NCCCCCC(=O)NCCOCCOCCNC(=O)c4ccc5c(c4)c4cn(C)nc4n5-c4ccc(C(F)(F)F)cc4)cccc3C2=O)C(=O)N1. The number of aromatic nitrogens is 3. The number of fused-ring (bicyclic) bond motifs is 4. The summed E-state index contributed by atoms with van der Waals surface area (Å²) in [5.41, 5.74) is 4.56. The summed E-state index contributed by atoms with van der Waals surface area (Å²) in [7, 11) is 1.75. The number of piperidine rings is 1. The van der Waals surface area contributed by atoms with Gasteiger partial charge in [0, 0.05) is 90.4 Å². The maximum Gasteiger partial charge on any atom is 0.416 e. The highest BCUT2D eigenvalue weighted by Crippen LogP contribution is 2.35. The van der Waals surface area contributed by atoms with Crippen molar-refractivity contribution in [3.63, 3.8) is 0 Å². The Morgan fingerprint density at radius 3 is 2.41 bits per heavy atom. The molecule has 2 aromatic heterocycles. The van der Waals surface area contributed by atoms with E-state index in [1.807, 2.05) is 18.3 Å². The molecule has 14 nitrogen and oxygen atoms in total. The number of allylic oxidation sites excluding steroid dienone is 1. The molecule has 5 aromatic rings. The van der Waals surface area contributed by atoms with Gasteiger partial charge in [-0.25, -0.2) is 0 Å². The zero-order valence-electron chi connectivity index (χ0n) is 33.9. The van der Waals surface area contributed by atoms with Gasteiger partial charge in [-0.3, -0.25) is 28.4 Å². The van der Waals surface area contributed by atoms with Gasteiger partial charge >= 0.3 is 6.18 Å². The molecule has 4 heterocycles. The first kappa shape index (κ1) is 42.9. The summed E-state index contributed by atoms with van der Waals surface area (Å²) in [6, 6.07) is 15.2. The lowest BCUT2D eigenvalue weighted by Crippen LogP contribution is -2.49. The van der Waals surface area contributed by atoms with Gasteiger partial charge in [-0.2, -0.15) is 18.3 Å². The Morgan fingerprint density at radius 2 is 1.67 bits per heavy atom. The molecular formula is C44H49F3N8O6. The van der Waals surface area contributed by atoms with E-state index >= 15 is 0 Å². The molecule has 17 heteroatoms. The first-order valence-electron chi connectivity index (χ1n) is 20.4. The molecule has 2 aliphatic rings. The summed E-state index contributed by atoms with van der Waals surface area (Å²) in [6.45, 7) is 6.80. The fraction of sp³-hybridized carbons (Fsp3) is 0.386. The number of nitrogens with zero attached hydrogens (tertiary/aromatic N) is 4. The van der Waals surface area contributed by atoms with Gasteiger partial charge < -0.3 is 35.6 Å². The van der Waals surface area contributed by atoms with Gasteiger partial charge in [0.2, 0.25) is 11.8 Å². The van der Waals surface area contributed by atoms with E-state index in [1.54, 1.807) is 45.5 Å². The minimum atomic E-state index is -4.44. The lowest BCUT2D eigenvalue weighted by Gasteiger charge is -2.31. The third-order valence-corrected chi connectivity index (χ3v) is 10.8. The van der Waals surface area contributed by atoms with Crippen molar-refractivity contribution in [2.75, 3.05) is 51.4 Å². The van der Waals surface area contributed by atoms with Gasteiger partial charge in [-0.05, 0) is 80.3 Å². The standard InChI is InChI=1S/C44H49F3N8O6/c1-28-10-16-38(42(58)51-28)54-27-34-32(43(54)59)7-6-8-36(34)48-18-5-3-4-9-39(56)49-19-21-60-23-24-61-22-20-50-41(57)29-11-17-37-33(25-29)35-26-53(2)52-40(35)55(37)31-14-12-30(13-15-31)44(45,46)47/h6-8,11-15,17,25-26,38,48H,1,3-5,9-10,16,18-24,27H2,2H3,(H,49,56)(H,50,57)(H,51,58). The summed E-state index contributed by atoms with van der Waals surface area (Å²) in [5, 5.41) is 17.9. The number of ether oxygens (including phenoxy) is 2. The van der Waals surface area contributed by atoms with Gasteiger partial charge in [0.05, 0.1) is 37.5 Å². The highest BCUT2D eigenvalue weighted by atomic mass is 19.4. The molecule has 3 aromatic carbocycles. The predicted octanol–water partition coefficient (Wildman–Crippen LogP) is 5.84. The summed E-state index contributed by atoms with van der Waals surface area (Å²) < 4.78 is 54.1. The molecule has 322 valence electrons. The average Bonchev–Trinajstić information content (AvgIpc) is 3.88. The number of carbonyl (C=O) groups excluding carboxylic acids is 4. The van der Waals surface area contributed by atoms with E-state index in [0.717, 1.165) is 53.4 Å². The molecule has 7 rings (SSSR count). The number of rotatable bonds is 19. The van der Waals surface area contributed by atoms with Crippen LogP contribution in [0, 0.1) is 0 Å². The minimum absolute atomic E-state index is 0.0425. The summed E-state index contributed by atoms with van der Waals surface area (Å²) >= 11 is 0. The van der Waals surface area contributed by atoms with Gasteiger partial charge in [-0.15, -0.1) is 0 Å². The van der Waals surface area contributed by atoms with Gasteiger partial charge in [0.1, 0.15) is 6.04 Å². The number of alkyl halides is 3. The first-order valence-corrected chi connectivity index (χ1v) is 20.4. The molecule has 4 amide bonds. The summed E-state index contributed by atoms with van der Waals surface area (Å²) in [5.74, 6) is -0.656. The minimum Gasteiger partial charge on any atom is -0.385 e. The second-order valence-corrected chi connectivity index (χ2v) is 15.1. The molecule has 1 atom stereocenters. The largest absolute Gasteiger partial charge is 0.416 e. The van der Waals surface area contributed by atoms with Gasteiger partial charge in [0.15, 0.2) is 5.65 Å². The van der Waals surface area contributed by atoms with Crippen LogP contribution in [-0.2, 0) is 38.8 Å². The number of anilines is 1. The molecule has 0 radical (unpaired) electrons. The topological polar surface area (TPSA) is 161 Å². The van der Waals surface area contributed by atoms with E-state index in [4.69, 9.17) is 9.47 Å². The number of hydrogen-bond acceptors (Lipinski definition) is 8. The number of unbranched alkanes of at least 4 members (excludes halogenated alkanes) is 2. The van der Waals surface area contributed by atoms with Crippen molar-refractivity contribution in [1.29, 1.82) is 0 Å². The zero-order chi connectivity index (χ0) is 43.1. The van der Waals surface area contributed by atoms with Crippen molar-refractivity contribution in [1.82, 2.24) is 35.2 Å². The Hall–Kier alpha value is -6.20. The Morgan fingerprint density at radius 1 is 0.918 bits per heavy atom. The van der Waals surface area contributed by atoms with Crippen molar-refractivity contribution >= 4 is 51.3 Å². The summed E-state index contributed by atoms with van der Waals surface area (Å²) in [6.07, 6.45) is 1.43. The number of nitrogens with one attached hydrogen (secondary N) is 4. The fourth-order valence-corrected chi connectivity index (χ4v) is 7.75. The highest BCUT2D eigenvalue weighted by molar-refractivity contribution is 6.10. The van der Waals surface area contributed by atoms with Crippen molar-refractivity contribution in [2.24, 2.45) is 7.05 Å². The van der Waals surface area contributed by atoms with Gasteiger partial charge in [-0.1, -0.05) is 19.1 Å². The molecule has 0 saturated carbocycles. The van der Waals surface area contributed by atoms with E-state index < -0.39 is 17.8 Å². The number of carbonyl (C=O) groups is 4. The Kier molecular flexibility index (Phi) is 13.4. The van der Waals surface area contributed by atoms with E-state index in [0.29, 0.717) is 92.4 Å². The number of hydrogen-bond donors (Lipinski definition) is 4. The Bertz CT molecular complexity index is 2430. The molecule has 61 heavy (non-hydrogen) atoms. The molecule has 1 saturated heterocycles. The van der Waals surface area contributed by atoms with Crippen LogP contribution in [-0.4, -0.2) is 95.0 Å². The highest BCUT2D eigenvalue weighted by Gasteiger charge is 2.39. The number of benzene rings is 3. The van der Waals surface area contributed by atoms with Crippen molar-refractivity contribution in [2.45, 2.75) is 57.3 Å².